The Morgan fingerprint density at radius 2 is 2.25 bits per heavy atom. The van der Waals surface area contributed by atoms with E-state index in [9.17, 15) is 10.1 Å². The van der Waals surface area contributed by atoms with E-state index in [1.807, 2.05) is 6.92 Å². The van der Waals surface area contributed by atoms with Crippen molar-refractivity contribution in [3.8, 4) is 5.75 Å². The van der Waals surface area contributed by atoms with Crippen LogP contribution in [-0.4, -0.2) is 34.0 Å². The minimum absolute atomic E-state index is 0.0542. The average molecular weight is 405 g/mol. The molecular weight excluding hydrogens is 382 g/mol. The molecule has 0 bridgehead atoms. The normalized spacial score (nSPS) is 18.7. The maximum absolute atomic E-state index is 11.3. The van der Waals surface area contributed by atoms with Crippen LogP contribution >= 0.6 is 11.8 Å². The lowest BCUT2D eigenvalue weighted by Crippen LogP contribution is -2.17. The summed E-state index contributed by atoms with van der Waals surface area (Å²) in [6.45, 7) is 6.15. The van der Waals surface area contributed by atoms with Crippen molar-refractivity contribution in [3.63, 3.8) is 0 Å². The number of rotatable bonds is 6. The number of nitro benzene ring substituents is 1. The molecule has 9 heteroatoms. The number of aromatic nitrogens is 2. The molecule has 1 fully saturated rings. The van der Waals surface area contributed by atoms with Gasteiger partial charge in [0.05, 0.1) is 29.9 Å². The van der Waals surface area contributed by atoms with Crippen LogP contribution in [0.15, 0.2) is 17.3 Å². The fourth-order valence-electron chi connectivity index (χ4n) is 3.58. The molecule has 0 N–H and O–H groups in total. The minimum atomic E-state index is -0.379. The molecule has 0 saturated carbocycles. The fourth-order valence-corrected chi connectivity index (χ4v) is 4.64. The molecule has 1 saturated heterocycles. The summed E-state index contributed by atoms with van der Waals surface area (Å²) < 4.78 is 18.9. The molecule has 0 amide bonds. The highest BCUT2D eigenvalue weighted by atomic mass is 32.2. The van der Waals surface area contributed by atoms with E-state index in [1.54, 1.807) is 17.8 Å². The van der Waals surface area contributed by atoms with E-state index in [0.717, 1.165) is 48.1 Å². The van der Waals surface area contributed by atoms with Gasteiger partial charge >= 0.3 is 0 Å². The van der Waals surface area contributed by atoms with Gasteiger partial charge in [-0.15, -0.1) is 0 Å². The Morgan fingerprint density at radius 1 is 1.39 bits per heavy atom. The van der Waals surface area contributed by atoms with Gasteiger partial charge in [0.15, 0.2) is 11.9 Å². The van der Waals surface area contributed by atoms with Gasteiger partial charge in [-0.25, -0.2) is 4.98 Å². The van der Waals surface area contributed by atoms with Crippen molar-refractivity contribution in [2.45, 2.75) is 56.9 Å². The van der Waals surface area contributed by atoms with Gasteiger partial charge in [-0.3, -0.25) is 10.1 Å². The Bertz CT molecular complexity index is 892. The van der Waals surface area contributed by atoms with Gasteiger partial charge in [-0.1, -0.05) is 11.8 Å². The first-order chi connectivity index (χ1) is 13.5. The molecule has 1 unspecified atom stereocenters. The maximum Gasteiger partial charge on any atom is 0.270 e. The summed E-state index contributed by atoms with van der Waals surface area (Å²) in [6.07, 6.45) is 2.38. The first kappa shape index (κ1) is 19.2. The Morgan fingerprint density at radius 3 is 3.00 bits per heavy atom. The van der Waals surface area contributed by atoms with Crippen LogP contribution in [0.3, 0.4) is 0 Å². The molecule has 150 valence electrons. The van der Waals surface area contributed by atoms with Crippen molar-refractivity contribution in [2.24, 2.45) is 0 Å². The summed E-state index contributed by atoms with van der Waals surface area (Å²) in [7, 11) is 0. The lowest BCUT2D eigenvalue weighted by Gasteiger charge is -2.20. The highest BCUT2D eigenvalue weighted by Gasteiger charge is 2.23. The van der Waals surface area contributed by atoms with Gasteiger partial charge < -0.3 is 18.8 Å². The number of nitro groups is 1. The van der Waals surface area contributed by atoms with Crippen LogP contribution in [0.4, 0.5) is 5.69 Å². The van der Waals surface area contributed by atoms with Crippen LogP contribution in [0, 0.1) is 24.0 Å². The van der Waals surface area contributed by atoms with Crippen LogP contribution < -0.4 is 4.74 Å². The quantitative estimate of drug-likeness (QED) is 0.411. The summed E-state index contributed by atoms with van der Waals surface area (Å²) in [5, 5.41) is 12.2. The summed E-state index contributed by atoms with van der Waals surface area (Å²) in [4.78, 5) is 15.6. The number of benzene rings is 1. The maximum atomic E-state index is 11.3. The lowest BCUT2D eigenvalue weighted by atomic mass is 10.1. The predicted molar refractivity (Wildman–Crippen MR) is 104 cm³/mol. The van der Waals surface area contributed by atoms with E-state index in [-0.39, 0.29) is 23.5 Å². The third-order valence-electron chi connectivity index (χ3n) is 5.17. The summed E-state index contributed by atoms with van der Waals surface area (Å²) in [6, 6.07) is 3.11. The molecule has 8 nitrogen and oxygen atoms in total. The fraction of sp³-hybridized carbons (Fsp3) is 0.526. The minimum Gasteiger partial charge on any atom is -0.467 e. The van der Waals surface area contributed by atoms with Gasteiger partial charge in [0.2, 0.25) is 0 Å². The standard InChI is InChI=1S/C19H23N3O5S/c1-12-13(2)21(8-17-4-3-5-26-17)19(20-12)28-10-15-7-16(22(23)24)6-14-9-25-11-27-18(14)15/h6-7,17H,3-5,8-11H2,1-2H3. The van der Waals surface area contributed by atoms with Crippen molar-refractivity contribution in [2.75, 3.05) is 13.4 Å². The molecule has 2 aliphatic heterocycles. The number of non-ortho nitro benzene ring substituents is 1. The Labute approximate surface area is 167 Å². The second kappa shape index (κ2) is 8.10. The second-order valence-electron chi connectivity index (χ2n) is 7.06. The van der Waals surface area contributed by atoms with Gasteiger partial charge in [0, 0.05) is 41.3 Å². The van der Waals surface area contributed by atoms with Crippen molar-refractivity contribution >= 4 is 17.4 Å². The predicted octanol–water partition coefficient (Wildman–Crippen LogP) is 3.75. The number of nitrogens with zero attached hydrogens (tertiary/aromatic N) is 3. The van der Waals surface area contributed by atoms with Crippen molar-refractivity contribution < 1.29 is 19.1 Å². The number of ether oxygens (including phenoxy) is 3. The Balaban J connectivity index is 1.58. The van der Waals surface area contributed by atoms with Gasteiger partial charge in [0.1, 0.15) is 5.75 Å². The van der Waals surface area contributed by atoms with Crippen LogP contribution in [0.2, 0.25) is 0 Å². The van der Waals surface area contributed by atoms with E-state index >= 15 is 0 Å². The number of aryl methyl sites for hydroxylation is 1. The third kappa shape index (κ3) is 3.87. The van der Waals surface area contributed by atoms with E-state index in [0.29, 0.717) is 23.7 Å². The number of thioether (sulfide) groups is 1. The molecule has 1 aromatic carbocycles. The molecule has 2 aromatic rings. The zero-order valence-electron chi connectivity index (χ0n) is 16.0. The van der Waals surface area contributed by atoms with Crippen molar-refractivity contribution in [1.29, 1.82) is 0 Å². The van der Waals surface area contributed by atoms with E-state index < -0.39 is 0 Å². The number of hydrogen-bond donors (Lipinski definition) is 0. The Hall–Kier alpha value is -2.10. The Kier molecular flexibility index (Phi) is 5.56. The number of hydrogen-bond acceptors (Lipinski definition) is 7. The molecule has 2 aliphatic rings. The van der Waals surface area contributed by atoms with Gasteiger partial charge in [0.25, 0.3) is 5.69 Å². The molecule has 1 aromatic heterocycles. The molecule has 3 heterocycles. The van der Waals surface area contributed by atoms with Crippen molar-refractivity contribution in [3.05, 3.63) is 44.8 Å². The van der Waals surface area contributed by atoms with Crippen molar-refractivity contribution in [1.82, 2.24) is 9.55 Å². The first-order valence-corrected chi connectivity index (χ1v) is 10.3. The molecule has 0 radical (unpaired) electrons. The molecule has 1 atom stereocenters. The third-order valence-corrected chi connectivity index (χ3v) is 6.20. The van der Waals surface area contributed by atoms with E-state index in [1.165, 1.54) is 6.07 Å². The van der Waals surface area contributed by atoms with E-state index in [4.69, 9.17) is 19.2 Å². The summed E-state index contributed by atoms with van der Waals surface area (Å²) in [5.74, 6) is 1.22. The first-order valence-electron chi connectivity index (χ1n) is 9.32. The van der Waals surface area contributed by atoms with Crippen LogP contribution in [-0.2, 0) is 28.4 Å². The van der Waals surface area contributed by atoms with Gasteiger partial charge in [-0.2, -0.15) is 0 Å². The number of imidazole rings is 1. The topological polar surface area (TPSA) is 88.7 Å². The average Bonchev–Trinajstić information content (AvgIpc) is 3.30. The largest absolute Gasteiger partial charge is 0.467 e. The molecule has 4 rings (SSSR count). The van der Waals surface area contributed by atoms with Crippen LogP contribution in [0.1, 0.15) is 35.4 Å². The summed E-state index contributed by atoms with van der Waals surface area (Å²) in [5.41, 5.74) is 3.68. The number of fused-ring (bicyclic) bond motifs is 1. The molecule has 0 spiro atoms. The smallest absolute Gasteiger partial charge is 0.270 e. The monoisotopic (exact) mass is 405 g/mol. The lowest BCUT2D eigenvalue weighted by molar-refractivity contribution is -0.385. The second-order valence-corrected chi connectivity index (χ2v) is 8.00. The molecular formula is C19H23N3O5S. The summed E-state index contributed by atoms with van der Waals surface area (Å²) >= 11 is 1.56. The zero-order valence-corrected chi connectivity index (χ0v) is 16.8. The van der Waals surface area contributed by atoms with Crippen LogP contribution in [0.25, 0.3) is 0 Å². The van der Waals surface area contributed by atoms with Gasteiger partial charge in [-0.05, 0) is 26.7 Å². The zero-order chi connectivity index (χ0) is 19.7. The highest BCUT2D eigenvalue weighted by Crippen LogP contribution is 2.36. The molecule has 0 aliphatic carbocycles. The SMILES string of the molecule is Cc1nc(SCc2cc([N+](=O)[O-])cc3c2OCOC3)n(CC2CCCO2)c1C. The van der Waals surface area contributed by atoms with E-state index in [2.05, 4.69) is 11.5 Å². The molecule has 28 heavy (non-hydrogen) atoms. The van der Waals surface area contributed by atoms with Crippen LogP contribution in [0.5, 0.6) is 5.75 Å². The highest BCUT2D eigenvalue weighted by molar-refractivity contribution is 7.98.